The van der Waals surface area contributed by atoms with Gasteiger partial charge >= 0.3 is 5.97 Å². The molecule has 1 N–H and O–H groups in total. The van der Waals surface area contributed by atoms with Crippen LogP contribution < -0.4 is 5.56 Å². The summed E-state index contributed by atoms with van der Waals surface area (Å²) in [6, 6.07) is 10.4. The smallest absolute Gasteiger partial charge is 0.311 e. The van der Waals surface area contributed by atoms with Crippen molar-refractivity contribution < 1.29 is 19.4 Å². The first-order valence-corrected chi connectivity index (χ1v) is 11.9. The Morgan fingerprint density at radius 1 is 1.18 bits per heavy atom. The number of aliphatic hydroxyl groups is 1. The predicted molar refractivity (Wildman–Crippen MR) is 126 cm³/mol. The van der Waals surface area contributed by atoms with Gasteiger partial charge < -0.3 is 19.3 Å². The monoisotopic (exact) mass is 465 g/mol. The summed E-state index contributed by atoms with van der Waals surface area (Å²) >= 11 is 0. The number of amides is 1. The zero-order valence-electron chi connectivity index (χ0n) is 19.8. The van der Waals surface area contributed by atoms with E-state index in [0.29, 0.717) is 29.2 Å². The molecule has 1 amide bonds. The highest BCUT2D eigenvalue weighted by atomic mass is 16.5. The van der Waals surface area contributed by atoms with Crippen LogP contribution in [0, 0.1) is 17.8 Å². The molecule has 1 aromatic carbocycles. The van der Waals surface area contributed by atoms with Gasteiger partial charge in [0, 0.05) is 62.6 Å². The molecule has 5 rings (SSSR count). The fourth-order valence-electron chi connectivity index (χ4n) is 5.77. The van der Waals surface area contributed by atoms with E-state index in [-0.39, 0.29) is 42.0 Å². The number of ether oxygens (including phenoxy) is 1. The molecule has 1 aliphatic carbocycles. The first kappa shape index (κ1) is 22.8. The molecule has 1 saturated heterocycles. The van der Waals surface area contributed by atoms with Crippen LogP contribution in [0.2, 0.25) is 0 Å². The Labute approximate surface area is 198 Å². The molecule has 3 heterocycles. The van der Waals surface area contributed by atoms with Crippen LogP contribution in [0.3, 0.4) is 0 Å². The van der Waals surface area contributed by atoms with Gasteiger partial charge in [0.05, 0.1) is 19.1 Å². The lowest BCUT2D eigenvalue weighted by molar-refractivity contribution is -0.148. The molecule has 2 fully saturated rings. The van der Waals surface area contributed by atoms with Crippen LogP contribution >= 0.6 is 0 Å². The summed E-state index contributed by atoms with van der Waals surface area (Å²) in [5.41, 5.74) is 2.37. The van der Waals surface area contributed by atoms with Crippen molar-refractivity contribution in [3.05, 3.63) is 58.0 Å². The summed E-state index contributed by atoms with van der Waals surface area (Å²) in [5, 5.41) is 10.2. The molecule has 4 atom stereocenters. The molecule has 2 bridgehead atoms. The zero-order valence-corrected chi connectivity index (χ0v) is 19.8. The second kappa shape index (κ2) is 8.67. The van der Waals surface area contributed by atoms with E-state index in [2.05, 4.69) is 4.90 Å². The van der Waals surface area contributed by atoms with Crippen molar-refractivity contribution in [3.63, 3.8) is 0 Å². The third-order valence-corrected chi connectivity index (χ3v) is 7.64. The molecule has 8 nitrogen and oxygen atoms in total. The van der Waals surface area contributed by atoms with Crippen molar-refractivity contribution in [1.29, 1.82) is 0 Å². The lowest BCUT2D eigenvalue weighted by Gasteiger charge is -2.38. The maximum atomic E-state index is 13.7. The van der Waals surface area contributed by atoms with Crippen molar-refractivity contribution in [3.8, 4) is 11.1 Å². The molecule has 2 aromatic rings. The number of aliphatic hydroxyl groups excluding tert-OH is 1. The summed E-state index contributed by atoms with van der Waals surface area (Å²) < 4.78 is 6.90. The number of aromatic nitrogens is 1. The Balaban J connectivity index is 1.59. The molecule has 1 aromatic heterocycles. The first-order chi connectivity index (χ1) is 16.3. The molecule has 8 heteroatoms. The fraction of sp³-hybridized carbons (Fsp3) is 0.500. The highest BCUT2D eigenvalue weighted by Gasteiger charge is 2.56. The van der Waals surface area contributed by atoms with Crippen molar-refractivity contribution in [2.75, 3.05) is 34.4 Å². The third-order valence-electron chi connectivity index (χ3n) is 7.64. The number of pyridine rings is 1. The van der Waals surface area contributed by atoms with Crippen LogP contribution in [0.4, 0.5) is 0 Å². The SMILES string of the molecule is COC(=O)[C@@H]1[C@@H](CO)[C@@H]2Cn3c(ccc(-c4cccc(C(=O)N(C)C)c4)c3=O)[C@H]1N2CC1CC1. The Hall–Kier alpha value is -2.97. The van der Waals surface area contributed by atoms with Gasteiger partial charge in [-0.3, -0.25) is 19.3 Å². The van der Waals surface area contributed by atoms with E-state index >= 15 is 0 Å². The molecule has 180 valence electrons. The maximum Gasteiger partial charge on any atom is 0.311 e. The minimum absolute atomic E-state index is 0.109. The van der Waals surface area contributed by atoms with Crippen LogP contribution in [-0.2, 0) is 16.1 Å². The number of carbonyl (C=O) groups is 2. The van der Waals surface area contributed by atoms with Gasteiger partial charge in [0.15, 0.2) is 0 Å². The van der Waals surface area contributed by atoms with Gasteiger partial charge in [-0.25, -0.2) is 0 Å². The Morgan fingerprint density at radius 3 is 2.59 bits per heavy atom. The molecule has 1 saturated carbocycles. The lowest BCUT2D eigenvalue weighted by Crippen LogP contribution is -2.47. The topological polar surface area (TPSA) is 92.1 Å². The highest BCUT2D eigenvalue weighted by molar-refractivity contribution is 5.95. The summed E-state index contributed by atoms with van der Waals surface area (Å²) in [6.07, 6.45) is 2.35. The van der Waals surface area contributed by atoms with Crippen molar-refractivity contribution >= 4 is 11.9 Å². The molecular formula is C26H31N3O5. The van der Waals surface area contributed by atoms with Gasteiger partial charge in [-0.15, -0.1) is 0 Å². The fourth-order valence-corrected chi connectivity index (χ4v) is 5.77. The van der Waals surface area contributed by atoms with Gasteiger partial charge in [-0.1, -0.05) is 12.1 Å². The van der Waals surface area contributed by atoms with Crippen LogP contribution in [0.5, 0.6) is 0 Å². The van der Waals surface area contributed by atoms with Crippen molar-refractivity contribution in [2.24, 2.45) is 17.8 Å². The number of rotatable bonds is 6. The summed E-state index contributed by atoms with van der Waals surface area (Å²) in [6.45, 7) is 1.15. The maximum absolute atomic E-state index is 13.7. The Bertz CT molecular complexity index is 1190. The molecule has 0 spiro atoms. The predicted octanol–water partition coefficient (Wildman–Crippen LogP) is 1.76. The van der Waals surface area contributed by atoms with E-state index in [4.69, 9.17) is 4.74 Å². The first-order valence-electron chi connectivity index (χ1n) is 11.9. The number of fused-ring (bicyclic) bond motifs is 4. The minimum atomic E-state index is -0.515. The van der Waals surface area contributed by atoms with Crippen LogP contribution in [0.15, 0.2) is 41.2 Å². The Morgan fingerprint density at radius 2 is 1.94 bits per heavy atom. The number of hydrogen-bond donors (Lipinski definition) is 1. The van der Waals surface area contributed by atoms with Crippen LogP contribution in [0.25, 0.3) is 11.1 Å². The number of nitrogens with zero attached hydrogens (tertiary/aromatic N) is 3. The summed E-state index contributed by atoms with van der Waals surface area (Å²) in [4.78, 5) is 42.8. The molecule has 3 aliphatic rings. The van der Waals surface area contributed by atoms with E-state index in [1.807, 2.05) is 12.1 Å². The number of methoxy groups -OCH3 is 1. The molecule has 2 aliphatic heterocycles. The zero-order chi connectivity index (χ0) is 24.1. The third kappa shape index (κ3) is 3.65. The average molecular weight is 466 g/mol. The van der Waals surface area contributed by atoms with Crippen LogP contribution in [-0.4, -0.2) is 71.7 Å². The van der Waals surface area contributed by atoms with Gasteiger partial charge in [0.1, 0.15) is 0 Å². The lowest BCUT2D eigenvalue weighted by atomic mass is 9.87. The second-order valence-corrected chi connectivity index (χ2v) is 9.92. The standard InChI is InChI=1S/C26H31N3O5/c1-27(2)24(31)17-6-4-5-16(11-17)18-9-10-20-23-22(26(33)34-3)19(14-30)21(13-29(20)25(18)32)28(23)12-15-7-8-15/h4-6,9-11,15,19,21-23,30H,7-8,12-14H2,1-3H3/t19-,21-,22+,23+/m0/s1. The van der Waals surface area contributed by atoms with E-state index in [1.54, 1.807) is 42.9 Å². The molecular weight excluding hydrogens is 434 g/mol. The van der Waals surface area contributed by atoms with Gasteiger partial charge in [0.2, 0.25) is 0 Å². The van der Waals surface area contributed by atoms with E-state index < -0.39 is 5.92 Å². The van der Waals surface area contributed by atoms with E-state index in [1.165, 1.54) is 24.9 Å². The van der Waals surface area contributed by atoms with Crippen molar-refractivity contribution in [1.82, 2.24) is 14.4 Å². The average Bonchev–Trinajstić information content (AvgIpc) is 3.63. The minimum Gasteiger partial charge on any atom is -0.469 e. The highest BCUT2D eigenvalue weighted by Crippen LogP contribution is 2.50. The summed E-state index contributed by atoms with van der Waals surface area (Å²) in [7, 11) is 4.77. The normalized spacial score (nSPS) is 25.6. The number of carbonyl (C=O) groups excluding carboxylic acids is 2. The Kier molecular flexibility index (Phi) is 5.81. The molecule has 0 unspecified atom stereocenters. The molecule has 34 heavy (non-hydrogen) atoms. The van der Waals surface area contributed by atoms with Gasteiger partial charge in [-0.05, 0) is 48.6 Å². The van der Waals surface area contributed by atoms with Gasteiger partial charge in [-0.2, -0.15) is 0 Å². The largest absolute Gasteiger partial charge is 0.469 e. The quantitative estimate of drug-likeness (QED) is 0.654. The summed E-state index contributed by atoms with van der Waals surface area (Å²) in [5.74, 6) is -0.665. The van der Waals surface area contributed by atoms with E-state index in [9.17, 15) is 19.5 Å². The molecule has 0 radical (unpaired) electrons. The van der Waals surface area contributed by atoms with Crippen LogP contribution in [0.1, 0.15) is 34.9 Å². The number of hydrogen-bond acceptors (Lipinski definition) is 6. The second-order valence-electron chi connectivity index (χ2n) is 9.92. The van der Waals surface area contributed by atoms with Gasteiger partial charge in [0.25, 0.3) is 11.5 Å². The van der Waals surface area contributed by atoms with Crippen molar-refractivity contribution in [2.45, 2.75) is 31.5 Å². The van der Waals surface area contributed by atoms with E-state index in [0.717, 1.165) is 12.2 Å². The number of esters is 1. The number of benzene rings is 1.